The van der Waals surface area contributed by atoms with Crippen molar-refractivity contribution < 1.29 is 4.74 Å². The summed E-state index contributed by atoms with van der Waals surface area (Å²) in [6, 6.07) is 4.59. The van der Waals surface area contributed by atoms with Gasteiger partial charge in [0.2, 0.25) is 5.88 Å². The first-order valence-electron chi connectivity index (χ1n) is 7.55. The van der Waals surface area contributed by atoms with Crippen LogP contribution in [-0.4, -0.2) is 17.6 Å². The van der Waals surface area contributed by atoms with Gasteiger partial charge in [0.25, 0.3) is 0 Å². The predicted octanol–water partition coefficient (Wildman–Crippen LogP) is 4.11. The van der Waals surface area contributed by atoms with E-state index in [-0.39, 0.29) is 0 Å². The molecule has 2 atom stereocenters. The van der Waals surface area contributed by atoms with E-state index < -0.39 is 0 Å². The number of aromatic nitrogens is 1. The molecule has 1 aliphatic carbocycles. The smallest absolute Gasteiger partial charge is 0.237 e. The van der Waals surface area contributed by atoms with Crippen molar-refractivity contribution in [3.8, 4) is 5.88 Å². The van der Waals surface area contributed by atoms with E-state index in [4.69, 9.17) is 4.74 Å². The lowest BCUT2D eigenvalue weighted by Crippen LogP contribution is -2.29. The molecule has 1 aromatic heterocycles. The molecule has 0 bridgehead atoms. The van der Waals surface area contributed by atoms with Crippen molar-refractivity contribution in [3.63, 3.8) is 0 Å². The average Bonchev–Trinajstić information content (AvgIpc) is 2.41. The first-order chi connectivity index (χ1) is 9.20. The van der Waals surface area contributed by atoms with Gasteiger partial charge >= 0.3 is 0 Å². The number of pyridine rings is 1. The van der Waals surface area contributed by atoms with Crippen LogP contribution < -0.4 is 10.1 Å². The molecule has 1 heterocycles. The molecule has 106 valence electrons. The highest BCUT2D eigenvalue weighted by molar-refractivity contribution is 5.52. The summed E-state index contributed by atoms with van der Waals surface area (Å²) in [7, 11) is 0. The summed E-state index contributed by atoms with van der Waals surface area (Å²) >= 11 is 0. The summed E-state index contributed by atoms with van der Waals surface area (Å²) in [5.41, 5.74) is 1.04. The minimum atomic E-state index is 0.560. The molecular formula is C16H26N2O. The average molecular weight is 262 g/mol. The van der Waals surface area contributed by atoms with Gasteiger partial charge in [-0.25, -0.2) is 4.98 Å². The largest absolute Gasteiger partial charge is 0.476 e. The minimum absolute atomic E-state index is 0.560. The Labute approximate surface area is 116 Å². The van der Waals surface area contributed by atoms with E-state index in [0.29, 0.717) is 12.6 Å². The monoisotopic (exact) mass is 262 g/mol. The molecule has 1 fully saturated rings. The highest BCUT2D eigenvalue weighted by Crippen LogP contribution is 2.32. The number of nitrogens with one attached hydrogen (secondary N) is 1. The van der Waals surface area contributed by atoms with Gasteiger partial charge in [0, 0.05) is 12.2 Å². The lowest BCUT2D eigenvalue weighted by Gasteiger charge is -2.32. The van der Waals surface area contributed by atoms with Gasteiger partial charge in [-0.15, -0.1) is 0 Å². The Hall–Kier alpha value is -1.25. The second kappa shape index (κ2) is 6.78. The molecule has 3 heteroatoms. The van der Waals surface area contributed by atoms with Crippen LogP contribution in [0.3, 0.4) is 0 Å². The van der Waals surface area contributed by atoms with E-state index in [9.17, 15) is 0 Å². The Morgan fingerprint density at radius 1 is 1.42 bits per heavy atom. The first-order valence-corrected chi connectivity index (χ1v) is 7.55. The molecule has 0 aromatic carbocycles. The Morgan fingerprint density at radius 2 is 2.26 bits per heavy atom. The quantitative estimate of drug-likeness (QED) is 0.867. The third-order valence-electron chi connectivity index (χ3n) is 4.07. The predicted molar refractivity (Wildman–Crippen MR) is 79.6 cm³/mol. The van der Waals surface area contributed by atoms with Gasteiger partial charge in [-0.1, -0.05) is 26.7 Å². The minimum Gasteiger partial charge on any atom is -0.476 e. The van der Waals surface area contributed by atoms with Crippen LogP contribution in [0, 0.1) is 11.8 Å². The maximum Gasteiger partial charge on any atom is 0.237 e. The molecule has 3 nitrogen and oxygen atoms in total. The normalized spacial score (nSPS) is 23.4. The van der Waals surface area contributed by atoms with Crippen LogP contribution in [0.2, 0.25) is 0 Å². The summed E-state index contributed by atoms with van der Waals surface area (Å²) in [6.45, 7) is 7.32. The lowest BCUT2D eigenvalue weighted by atomic mass is 9.79. The summed E-state index contributed by atoms with van der Waals surface area (Å²) in [4.78, 5) is 4.30. The van der Waals surface area contributed by atoms with Gasteiger partial charge in [-0.05, 0) is 43.7 Å². The molecule has 0 aliphatic heterocycles. The van der Waals surface area contributed by atoms with Crippen molar-refractivity contribution in [3.05, 3.63) is 18.3 Å². The summed E-state index contributed by atoms with van der Waals surface area (Å²) in [5, 5.41) is 3.63. The van der Waals surface area contributed by atoms with Crippen LogP contribution in [0.15, 0.2) is 18.3 Å². The molecule has 1 N–H and O–H groups in total. The van der Waals surface area contributed by atoms with Crippen LogP contribution in [-0.2, 0) is 0 Å². The maximum atomic E-state index is 5.58. The van der Waals surface area contributed by atoms with Gasteiger partial charge in [0.15, 0.2) is 0 Å². The van der Waals surface area contributed by atoms with E-state index in [0.717, 1.165) is 23.4 Å². The number of nitrogens with zero attached hydrogens (tertiary/aromatic N) is 1. The number of rotatable bonds is 5. The fourth-order valence-electron chi connectivity index (χ4n) is 2.94. The molecule has 0 radical (unpaired) electrons. The molecular weight excluding hydrogens is 236 g/mol. The zero-order valence-corrected chi connectivity index (χ0v) is 12.4. The molecule has 1 saturated carbocycles. The first kappa shape index (κ1) is 14.2. The van der Waals surface area contributed by atoms with Crippen LogP contribution in [0.4, 0.5) is 5.69 Å². The van der Waals surface area contributed by atoms with Gasteiger partial charge in [0.1, 0.15) is 0 Å². The zero-order valence-electron chi connectivity index (χ0n) is 12.4. The molecule has 1 aliphatic rings. The van der Waals surface area contributed by atoms with Crippen molar-refractivity contribution >= 4 is 5.69 Å². The summed E-state index contributed by atoms with van der Waals surface area (Å²) in [5.74, 6) is 2.36. The van der Waals surface area contributed by atoms with E-state index in [1.807, 2.05) is 13.0 Å². The van der Waals surface area contributed by atoms with Gasteiger partial charge in [-0.3, -0.25) is 0 Å². The third-order valence-corrected chi connectivity index (χ3v) is 4.07. The SMILES string of the molecule is CCOc1ncccc1NC1CCCC(C(C)C)C1. The fourth-order valence-corrected chi connectivity index (χ4v) is 2.94. The Kier molecular flexibility index (Phi) is 5.06. The Morgan fingerprint density at radius 3 is 3.00 bits per heavy atom. The molecule has 19 heavy (non-hydrogen) atoms. The fraction of sp³-hybridized carbons (Fsp3) is 0.688. The number of hydrogen-bond acceptors (Lipinski definition) is 3. The van der Waals surface area contributed by atoms with Gasteiger partial charge in [0.05, 0.1) is 12.3 Å². The van der Waals surface area contributed by atoms with Crippen LogP contribution in [0.25, 0.3) is 0 Å². The highest BCUT2D eigenvalue weighted by atomic mass is 16.5. The Bertz CT molecular complexity index is 392. The topological polar surface area (TPSA) is 34.1 Å². The van der Waals surface area contributed by atoms with E-state index in [1.54, 1.807) is 6.20 Å². The number of ether oxygens (including phenoxy) is 1. The van der Waals surface area contributed by atoms with Crippen molar-refractivity contribution in [1.29, 1.82) is 0 Å². The molecule has 2 unspecified atom stereocenters. The second-order valence-electron chi connectivity index (χ2n) is 5.80. The number of anilines is 1. The van der Waals surface area contributed by atoms with Crippen LogP contribution >= 0.6 is 0 Å². The Balaban J connectivity index is 2.00. The van der Waals surface area contributed by atoms with Crippen LogP contribution in [0.1, 0.15) is 46.5 Å². The third kappa shape index (κ3) is 3.85. The van der Waals surface area contributed by atoms with E-state index >= 15 is 0 Å². The van der Waals surface area contributed by atoms with Crippen LogP contribution in [0.5, 0.6) is 5.88 Å². The molecule has 0 spiro atoms. The molecule has 0 amide bonds. The summed E-state index contributed by atoms with van der Waals surface area (Å²) < 4.78 is 5.58. The lowest BCUT2D eigenvalue weighted by molar-refractivity contribution is 0.263. The van der Waals surface area contributed by atoms with Gasteiger partial charge in [-0.2, -0.15) is 0 Å². The summed E-state index contributed by atoms with van der Waals surface area (Å²) in [6.07, 6.45) is 7.00. The van der Waals surface area contributed by atoms with E-state index in [1.165, 1.54) is 25.7 Å². The van der Waals surface area contributed by atoms with Crippen molar-refractivity contribution in [2.75, 3.05) is 11.9 Å². The zero-order chi connectivity index (χ0) is 13.7. The second-order valence-corrected chi connectivity index (χ2v) is 5.80. The van der Waals surface area contributed by atoms with E-state index in [2.05, 4.69) is 30.2 Å². The molecule has 0 saturated heterocycles. The van der Waals surface area contributed by atoms with Crippen molar-refractivity contribution in [2.45, 2.75) is 52.5 Å². The standard InChI is InChI=1S/C16H26N2O/c1-4-19-16-15(9-6-10-17-16)18-14-8-5-7-13(11-14)12(2)3/h6,9-10,12-14,18H,4-5,7-8,11H2,1-3H3. The van der Waals surface area contributed by atoms with Crippen molar-refractivity contribution in [2.24, 2.45) is 11.8 Å². The highest BCUT2D eigenvalue weighted by Gasteiger charge is 2.24. The van der Waals surface area contributed by atoms with Gasteiger partial charge < -0.3 is 10.1 Å². The number of hydrogen-bond donors (Lipinski definition) is 1. The van der Waals surface area contributed by atoms with Crippen molar-refractivity contribution in [1.82, 2.24) is 4.98 Å². The maximum absolute atomic E-state index is 5.58. The molecule has 2 rings (SSSR count). The molecule has 1 aromatic rings.